The lowest BCUT2D eigenvalue weighted by Crippen LogP contribution is -2.36. The number of aryl methyl sites for hydroxylation is 1. The zero-order chi connectivity index (χ0) is 13.7. The number of anilines is 2. The highest BCUT2D eigenvalue weighted by Crippen LogP contribution is 2.27. The summed E-state index contributed by atoms with van der Waals surface area (Å²) in [7, 11) is 1.84. The number of aromatic nitrogens is 2. The van der Waals surface area contributed by atoms with Crippen LogP contribution in [0.5, 0.6) is 0 Å². The third-order valence-corrected chi connectivity index (χ3v) is 3.73. The van der Waals surface area contributed by atoms with E-state index in [2.05, 4.69) is 20.6 Å². The highest BCUT2D eigenvalue weighted by atomic mass is 16.3. The van der Waals surface area contributed by atoms with Gasteiger partial charge in [0.1, 0.15) is 17.5 Å². The number of hydrogen-bond acceptors (Lipinski definition) is 5. The second-order valence-electron chi connectivity index (χ2n) is 5.43. The van der Waals surface area contributed by atoms with Crippen LogP contribution >= 0.6 is 0 Å². The van der Waals surface area contributed by atoms with Crippen molar-refractivity contribution in [3.05, 3.63) is 11.9 Å². The first-order chi connectivity index (χ1) is 9.11. The standard InChI is InChI=1S/C14H24N4O/c1-11-17-12(15-2)9-13(18-11)16-10-14(19)7-5-3-4-6-8-14/h9,19H,3-8,10H2,1-2H3,(H2,15,16,17,18). The number of nitrogens with zero attached hydrogens (tertiary/aromatic N) is 2. The van der Waals surface area contributed by atoms with Gasteiger partial charge in [-0.1, -0.05) is 25.7 Å². The third-order valence-electron chi connectivity index (χ3n) is 3.73. The molecule has 2 rings (SSSR count). The van der Waals surface area contributed by atoms with Crippen LogP contribution in [0.1, 0.15) is 44.3 Å². The van der Waals surface area contributed by atoms with Gasteiger partial charge in [0.15, 0.2) is 0 Å². The molecule has 1 aliphatic carbocycles. The predicted molar refractivity (Wildman–Crippen MR) is 77.5 cm³/mol. The fourth-order valence-electron chi connectivity index (χ4n) is 2.60. The number of hydrogen-bond donors (Lipinski definition) is 3. The Morgan fingerprint density at radius 1 is 1.16 bits per heavy atom. The lowest BCUT2D eigenvalue weighted by Gasteiger charge is -2.27. The van der Waals surface area contributed by atoms with Crippen molar-refractivity contribution in [2.75, 3.05) is 24.2 Å². The molecule has 5 nitrogen and oxygen atoms in total. The Morgan fingerprint density at radius 3 is 2.42 bits per heavy atom. The zero-order valence-electron chi connectivity index (χ0n) is 11.9. The van der Waals surface area contributed by atoms with Gasteiger partial charge in [-0.25, -0.2) is 9.97 Å². The normalized spacial score (nSPS) is 18.7. The van der Waals surface area contributed by atoms with E-state index in [4.69, 9.17) is 0 Å². The van der Waals surface area contributed by atoms with Crippen molar-refractivity contribution < 1.29 is 5.11 Å². The Hall–Kier alpha value is -1.36. The molecule has 3 N–H and O–H groups in total. The summed E-state index contributed by atoms with van der Waals surface area (Å²) in [6, 6.07) is 1.87. The molecule has 1 saturated carbocycles. The van der Waals surface area contributed by atoms with Gasteiger partial charge >= 0.3 is 0 Å². The van der Waals surface area contributed by atoms with Crippen molar-refractivity contribution in [2.24, 2.45) is 0 Å². The van der Waals surface area contributed by atoms with E-state index in [1.807, 2.05) is 20.0 Å². The Morgan fingerprint density at radius 2 is 1.79 bits per heavy atom. The molecule has 106 valence electrons. The van der Waals surface area contributed by atoms with Crippen LogP contribution in [-0.2, 0) is 0 Å². The molecule has 0 aliphatic heterocycles. The average Bonchev–Trinajstić information content (AvgIpc) is 2.61. The maximum absolute atomic E-state index is 10.6. The summed E-state index contributed by atoms with van der Waals surface area (Å²) in [5.41, 5.74) is -0.588. The lowest BCUT2D eigenvalue weighted by molar-refractivity contribution is 0.0380. The van der Waals surface area contributed by atoms with Crippen LogP contribution in [0.4, 0.5) is 11.6 Å². The van der Waals surface area contributed by atoms with Crippen LogP contribution < -0.4 is 10.6 Å². The second-order valence-corrected chi connectivity index (χ2v) is 5.43. The Kier molecular flexibility index (Phi) is 4.58. The fraction of sp³-hybridized carbons (Fsp3) is 0.714. The largest absolute Gasteiger partial charge is 0.388 e. The van der Waals surface area contributed by atoms with E-state index in [0.29, 0.717) is 6.54 Å². The molecule has 19 heavy (non-hydrogen) atoms. The highest BCUT2D eigenvalue weighted by Gasteiger charge is 2.27. The first kappa shape index (κ1) is 14.1. The van der Waals surface area contributed by atoms with Crippen molar-refractivity contribution >= 4 is 11.6 Å². The van der Waals surface area contributed by atoms with Gasteiger partial charge in [-0.2, -0.15) is 0 Å². The topological polar surface area (TPSA) is 70.1 Å². The maximum Gasteiger partial charge on any atom is 0.131 e. The molecule has 0 aromatic carbocycles. The Bertz CT molecular complexity index is 414. The molecule has 0 amide bonds. The number of nitrogens with one attached hydrogen (secondary N) is 2. The smallest absolute Gasteiger partial charge is 0.131 e. The Balaban J connectivity index is 1.99. The van der Waals surface area contributed by atoms with Gasteiger partial charge in [-0.3, -0.25) is 0 Å². The minimum absolute atomic E-state index is 0.562. The van der Waals surface area contributed by atoms with Crippen LogP contribution in [0.2, 0.25) is 0 Å². The van der Waals surface area contributed by atoms with Crippen molar-refractivity contribution in [1.82, 2.24) is 9.97 Å². The van der Waals surface area contributed by atoms with E-state index < -0.39 is 5.60 Å². The molecule has 0 bridgehead atoms. The molecule has 1 aromatic heterocycles. The summed E-state index contributed by atoms with van der Waals surface area (Å²) >= 11 is 0. The van der Waals surface area contributed by atoms with Crippen LogP contribution in [0.15, 0.2) is 6.07 Å². The summed E-state index contributed by atoms with van der Waals surface area (Å²) in [4.78, 5) is 8.60. The van der Waals surface area contributed by atoms with Crippen molar-refractivity contribution in [1.29, 1.82) is 0 Å². The quantitative estimate of drug-likeness (QED) is 0.728. The SMILES string of the molecule is CNc1cc(NCC2(O)CCCCCC2)nc(C)n1. The summed E-state index contributed by atoms with van der Waals surface area (Å²) in [6.45, 7) is 2.43. The fourth-order valence-corrected chi connectivity index (χ4v) is 2.60. The maximum atomic E-state index is 10.6. The molecular formula is C14H24N4O. The van der Waals surface area contributed by atoms with E-state index in [-0.39, 0.29) is 0 Å². The molecule has 1 aromatic rings. The molecule has 0 radical (unpaired) electrons. The zero-order valence-corrected chi connectivity index (χ0v) is 11.9. The minimum atomic E-state index is -0.588. The van der Waals surface area contributed by atoms with E-state index >= 15 is 0 Å². The highest BCUT2D eigenvalue weighted by molar-refractivity contribution is 5.47. The van der Waals surface area contributed by atoms with Crippen LogP contribution in [0.25, 0.3) is 0 Å². The van der Waals surface area contributed by atoms with Crippen molar-refractivity contribution in [2.45, 2.75) is 51.0 Å². The number of rotatable bonds is 4. The van der Waals surface area contributed by atoms with Crippen LogP contribution in [0.3, 0.4) is 0 Å². The van der Waals surface area contributed by atoms with Gasteiger partial charge in [0.25, 0.3) is 0 Å². The van der Waals surface area contributed by atoms with E-state index in [9.17, 15) is 5.11 Å². The molecule has 0 spiro atoms. The summed E-state index contributed by atoms with van der Waals surface area (Å²) in [5, 5.41) is 16.9. The van der Waals surface area contributed by atoms with E-state index in [1.54, 1.807) is 0 Å². The first-order valence-electron chi connectivity index (χ1n) is 7.11. The second kappa shape index (κ2) is 6.19. The molecular weight excluding hydrogens is 240 g/mol. The first-order valence-corrected chi connectivity index (χ1v) is 7.11. The van der Waals surface area contributed by atoms with Crippen molar-refractivity contribution in [3.63, 3.8) is 0 Å². The molecule has 1 aliphatic rings. The predicted octanol–water partition coefficient (Wildman–Crippen LogP) is 2.32. The van der Waals surface area contributed by atoms with Crippen molar-refractivity contribution in [3.8, 4) is 0 Å². The molecule has 0 atom stereocenters. The summed E-state index contributed by atoms with van der Waals surface area (Å²) in [5.74, 6) is 2.29. The van der Waals surface area contributed by atoms with Gasteiger partial charge < -0.3 is 15.7 Å². The van der Waals surface area contributed by atoms with Crippen LogP contribution in [0, 0.1) is 6.92 Å². The van der Waals surface area contributed by atoms with Gasteiger partial charge in [0, 0.05) is 19.7 Å². The Labute approximate surface area is 114 Å². The third kappa shape index (κ3) is 4.06. The van der Waals surface area contributed by atoms with Gasteiger partial charge in [0.05, 0.1) is 5.60 Å². The van der Waals surface area contributed by atoms with Gasteiger partial charge in [0.2, 0.25) is 0 Å². The minimum Gasteiger partial charge on any atom is -0.388 e. The molecule has 5 heteroatoms. The molecule has 1 heterocycles. The monoisotopic (exact) mass is 264 g/mol. The summed E-state index contributed by atoms with van der Waals surface area (Å²) in [6.07, 6.45) is 6.45. The summed E-state index contributed by atoms with van der Waals surface area (Å²) < 4.78 is 0. The number of aliphatic hydroxyl groups is 1. The average molecular weight is 264 g/mol. The van der Waals surface area contributed by atoms with E-state index in [0.717, 1.165) is 43.1 Å². The molecule has 1 fully saturated rings. The van der Waals surface area contributed by atoms with Gasteiger partial charge in [-0.05, 0) is 19.8 Å². The lowest BCUT2D eigenvalue weighted by atomic mass is 9.94. The van der Waals surface area contributed by atoms with Gasteiger partial charge in [-0.15, -0.1) is 0 Å². The molecule has 0 unspecified atom stereocenters. The van der Waals surface area contributed by atoms with E-state index in [1.165, 1.54) is 12.8 Å². The molecule has 0 saturated heterocycles. The van der Waals surface area contributed by atoms with Crippen LogP contribution in [-0.4, -0.2) is 34.3 Å².